The SMILES string of the molecule is COc1ccc([C@@H]2CC(=O)Nc3c2cnn3-c2nc3ccc(OC)cc3s2)cc1. The third-order valence-corrected chi connectivity index (χ3v) is 6.10. The fourth-order valence-corrected chi connectivity index (χ4v) is 4.57. The zero-order chi connectivity index (χ0) is 20.0. The number of ether oxygens (including phenoxy) is 2. The fraction of sp³-hybridized carbons (Fsp3) is 0.190. The molecule has 1 aliphatic heterocycles. The molecule has 29 heavy (non-hydrogen) atoms. The lowest BCUT2D eigenvalue weighted by Gasteiger charge is -2.23. The number of fused-ring (bicyclic) bond motifs is 2. The van der Waals surface area contributed by atoms with Gasteiger partial charge in [-0.25, -0.2) is 4.98 Å². The molecule has 1 N–H and O–H groups in total. The molecule has 8 heteroatoms. The van der Waals surface area contributed by atoms with Gasteiger partial charge in [0.2, 0.25) is 11.0 Å². The quantitative estimate of drug-likeness (QED) is 0.555. The molecule has 0 unspecified atom stereocenters. The molecule has 3 heterocycles. The van der Waals surface area contributed by atoms with Crippen molar-refractivity contribution in [2.24, 2.45) is 0 Å². The number of nitrogens with one attached hydrogen (secondary N) is 1. The first-order valence-electron chi connectivity index (χ1n) is 9.13. The van der Waals surface area contributed by atoms with Crippen LogP contribution < -0.4 is 14.8 Å². The summed E-state index contributed by atoms with van der Waals surface area (Å²) in [7, 11) is 3.28. The number of hydrogen-bond donors (Lipinski definition) is 1. The predicted molar refractivity (Wildman–Crippen MR) is 111 cm³/mol. The molecule has 1 atom stereocenters. The molecule has 0 spiro atoms. The van der Waals surface area contributed by atoms with Crippen LogP contribution in [0.5, 0.6) is 11.5 Å². The number of benzene rings is 2. The van der Waals surface area contributed by atoms with E-state index < -0.39 is 0 Å². The average molecular weight is 406 g/mol. The van der Waals surface area contributed by atoms with E-state index in [1.165, 1.54) is 11.3 Å². The van der Waals surface area contributed by atoms with Crippen molar-refractivity contribution in [2.75, 3.05) is 19.5 Å². The highest BCUT2D eigenvalue weighted by atomic mass is 32.1. The van der Waals surface area contributed by atoms with E-state index in [2.05, 4.69) is 15.4 Å². The first-order chi connectivity index (χ1) is 14.2. The molecule has 5 rings (SSSR count). The van der Waals surface area contributed by atoms with Crippen molar-refractivity contribution in [1.29, 1.82) is 0 Å². The van der Waals surface area contributed by atoms with Crippen LogP contribution in [0.15, 0.2) is 48.7 Å². The van der Waals surface area contributed by atoms with Crippen LogP contribution in [0.4, 0.5) is 5.82 Å². The maximum atomic E-state index is 12.5. The molecule has 7 nitrogen and oxygen atoms in total. The van der Waals surface area contributed by atoms with Gasteiger partial charge in [-0.3, -0.25) is 4.79 Å². The molecule has 0 saturated heterocycles. The van der Waals surface area contributed by atoms with E-state index in [9.17, 15) is 4.79 Å². The Morgan fingerprint density at radius 2 is 1.86 bits per heavy atom. The number of anilines is 1. The van der Waals surface area contributed by atoms with Crippen LogP contribution in [-0.2, 0) is 4.79 Å². The Hall–Kier alpha value is -3.39. The minimum absolute atomic E-state index is 0.0390. The zero-order valence-corrected chi connectivity index (χ0v) is 16.7. The van der Waals surface area contributed by atoms with Crippen molar-refractivity contribution in [2.45, 2.75) is 12.3 Å². The number of amides is 1. The molecule has 0 bridgehead atoms. The molecule has 1 aliphatic rings. The Bertz CT molecular complexity index is 1210. The van der Waals surface area contributed by atoms with Gasteiger partial charge in [0.25, 0.3) is 0 Å². The van der Waals surface area contributed by atoms with E-state index >= 15 is 0 Å². The summed E-state index contributed by atoms with van der Waals surface area (Å²) in [6.45, 7) is 0. The van der Waals surface area contributed by atoms with E-state index in [1.807, 2.05) is 48.7 Å². The van der Waals surface area contributed by atoms with Crippen molar-refractivity contribution in [3.63, 3.8) is 0 Å². The molecule has 146 valence electrons. The van der Waals surface area contributed by atoms with E-state index in [4.69, 9.17) is 9.47 Å². The normalized spacial score (nSPS) is 15.8. The minimum atomic E-state index is -0.0621. The van der Waals surface area contributed by atoms with Gasteiger partial charge in [0, 0.05) is 17.9 Å². The molecule has 2 aromatic heterocycles. The number of rotatable bonds is 4. The summed E-state index contributed by atoms with van der Waals surface area (Å²) in [5, 5.41) is 8.22. The third kappa shape index (κ3) is 3.01. The number of hydrogen-bond acceptors (Lipinski definition) is 6. The standard InChI is InChI=1S/C21H18N4O3S/c1-27-13-5-3-12(4-6-13)15-10-19(26)24-20-16(15)11-22-25(20)21-23-17-8-7-14(28-2)9-18(17)29-21/h3-9,11,15H,10H2,1-2H3,(H,24,26)/t15-/m0/s1. The lowest BCUT2D eigenvalue weighted by atomic mass is 9.87. The van der Waals surface area contributed by atoms with Crippen LogP contribution in [0.25, 0.3) is 15.3 Å². The lowest BCUT2D eigenvalue weighted by molar-refractivity contribution is -0.116. The van der Waals surface area contributed by atoms with Crippen LogP contribution >= 0.6 is 11.3 Å². The Morgan fingerprint density at radius 3 is 2.62 bits per heavy atom. The van der Waals surface area contributed by atoms with E-state index in [0.29, 0.717) is 17.4 Å². The third-order valence-electron chi connectivity index (χ3n) is 5.10. The summed E-state index contributed by atoms with van der Waals surface area (Å²) >= 11 is 1.50. The smallest absolute Gasteiger partial charge is 0.226 e. The number of aromatic nitrogens is 3. The highest BCUT2D eigenvalue weighted by Crippen LogP contribution is 2.39. The monoisotopic (exact) mass is 406 g/mol. The molecule has 4 aromatic rings. The van der Waals surface area contributed by atoms with Gasteiger partial charge in [-0.15, -0.1) is 0 Å². The van der Waals surface area contributed by atoms with E-state index in [0.717, 1.165) is 32.8 Å². The molecule has 0 radical (unpaired) electrons. The summed E-state index contributed by atoms with van der Waals surface area (Å²) < 4.78 is 13.2. The van der Waals surface area contributed by atoms with Gasteiger partial charge in [0.1, 0.15) is 17.3 Å². The second-order valence-corrected chi connectivity index (χ2v) is 7.78. The number of thiazole rings is 1. The molecule has 0 saturated carbocycles. The van der Waals surface area contributed by atoms with Crippen molar-refractivity contribution >= 4 is 33.3 Å². The zero-order valence-electron chi connectivity index (χ0n) is 15.9. The topological polar surface area (TPSA) is 78.3 Å². The highest BCUT2D eigenvalue weighted by molar-refractivity contribution is 7.20. The van der Waals surface area contributed by atoms with Crippen LogP contribution in [0.2, 0.25) is 0 Å². The van der Waals surface area contributed by atoms with Gasteiger partial charge in [-0.2, -0.15) is 9.78 Å². The molecule has 0 aliphatic carbocycles. The highest BCUT2D eigenvalue weighted by Gasteiger charge is 2.31. The van der Waals surface area contributed by atoms with Gasteiger partial charge < -0.3 is 14.8 Å². The van der Waals surface area contributed by atoms with Crippen LogP contribution in [-0.4, -0.2) is 34.9 Å². The molecule has 2 aromatic carbocycles. The van der Waals surface area contributed by atoms with Gasteiger partial charge >= 0.3 is 0 Å². The number of methoxy groups -OCH3 is 2. The summed E-state index contributed by atoms with van der Waals surface area (Å²) in [4.78, 5) is 17.1. The van der Waals surface area contributed by atoms with Gasteiger partial charge in [-0.05, 0) is 35.9 Å². The Labute approximate surface area is 170 Å². The summed E-state index contributed by atoms with van der Waals surface area (Å²) in [5.74, 6) is 2.14. The van der Waals surface area contributed by atoms with Crippen molar-refractivity contribution in [1.82, 2.24) is 14.8 Å². The van der Waals surface area contributed by atoms with Crippen LogP contribution in [0, 0.1) is 0 Å². The molecular weight excluding hydrogens is 388 g/mol. The first kappa shape index (κ1) is 17.7. The molecule has 0 fully saturated rings. The van der Waals surface area contributed by atoms with Gasteiger partial charge in [0.15, 0.2) is 0 Å². The van der Waals surface area contributed by atoms with Gasteiger partial charge in [0.05, 0.1) is 30.6 Å². The molecular formula is C21H18N4O3S. The number of carbonyl (C=O) groups is 1. The largest absolute Gasteiger partial charge is 0.497 e. The van der Waals surface area contributed by atoms with Crippen LogP contribution in [0.3, 0.4) is 0 Å². The summed E-state index contributed by atoms with van der Waals surface area (Å²) in [5.41, 5.74) is 2.89. The first-order valence-corrected chi connectivity index (χ1v) is 9.94. The summed E-state index contributed by atoms with van der Waals surface area (Å²) in [6.07, 6.45) is 2.19. The second kappa shape index (κ2) is 6.89. The van der Waals surface area contributed by atoms with Crippen molar-refractivity contribution < 1.29 is 14.3 Å². The van der Waals surface area contributed by atoms with Crippen molar-refractivity contribution in [3.05, 3.63) is 59.8 Å². The number of nitrogens with zero attached hydrogens (tertiary/aromatic N) is 3. The van der Waals surface area contributed by atoms with Crippen molar-refractivity contribution in [3.8, 4) is 16.6 Å². The maximum Gasteiger partial charge on any atom is 0.226 e. The summed E-state index contributed by atoms with van der Waals surface area (Å²) in [6, 6.07) is 13.6. The fourth-order valence-electron chi connectivity index (χ4n) is 3.61. The predicted octanol–water partition coefficient (Wildman–Crippen LogP) is 3.97. The number of carbonyl (C=O) groups excluding carboxylic acids is 1. The lowest BCUT2D eigenvalue weighted by Crippen LogP contribution is -2.24. The Kier molecular flexibility index (Phi) is 4.21. The van der Waals surface area contributed by atoms with E-state index in [-0.39, 0.29) is 11.8 Å². The molecule has 1 amide bonds. The maximum absolute atomic E-state index is 12.5. The average Bonchev–Trinajstić information content (AvgIpc) is 3.36. The Morgan fingerprint density at radius 1 is 1.10 bits per heavy atom. The minimum Gasteiger partial charge on any atom is -0.497 e. The second-order valence-electron chi connectivity index (χ2n) is 6.77. The van der Waals surface area contributed by atoms with Gasteiger partial charge in [-0.1, -0.05) is 23.5 Å². The van der Waals surface area contributed by atoms with Crippen LogP contribution in [0.1, 0.15) is 23.5 Å². The van der Waals surface area contributed by atoms with E-state index in [1.54, 1.807) is 18.9 Å². The Balaban J connectivity index is 1.57.